The number of nitrogens with zero attached hydrogens (tertiary/aromatic N) is 6. The quantitative estimate of drug-likeness (QED) is 0.132. The van der Waals surface area contributed by atoms with E-state index in [9.17, 15) is 9.90 Å². The number of carbonyl (C=O) groups excluding carboxylic acids is 1. The van der Waals surface area contributed by atoms with Crippen LogP contribution in [0.4, 0.5) is 5.69 Å². The molecule has 3 aromatic carbocycles. The molecule has 10 nitrogen and oxygen atoms in total. The number of carboxylic acid groups (broad SMARTS) is 1. The number of anilines is 1. The van der Waals surface area contributed by atoms with Crippen molar-refractivity contribution in [1.82, 2.24) is 23.8 Å². The molecule has 0 atom stereocenters. The second kappa shape index (κ2) is 14.8. The van der Waals surface area contributed by atoms with Crippen molar-refractivity contribution in [1.29, 1.82) is 0 Å². The summed E-state index contributed by atoms with van der Waals surface area (Å²) in [5.41, 5.74) is 9.51. The third kappa shape index (κ3) is 6.65. The van der Waals surface area contributed by atoms with Crippen LogP contribution in [0.3, 0.4) is 0 Å². The molecule has 0 unspecified atom stereocenters. The van der Waals surface area contributed by atoms with Gasteiger partial charge in [-0.1, -0.05) is 29.3 Å². The molecule has 0 fully saturated rings. The highest BCUT2D eigenvalue weighted by molar-refractivity contribution is 6.35. The Morgan fingerprint density at radius 1 is 0.981 bits per heavy atom. The third-order valence-electron chi connectivity index (χ3n) is 10.7. The maximum absolute atomic E-state index is 15.3. The molecule has 0 saturated heterocycles. The van der Waals surface area contributed by atoms with E-state index in [1.165, 1.54) is 0 Å². The molecular weight excluding hydrogens is 723 g/mol. The maximum Gasteiger partial charge on any atom is 0.335 e. The van der Waals surface area contributed by atoms with Crippen LogP contribution in [0, 0.1) is 27.7 Å². The molecule has 0 spiro atoms. The Kier molecular flexibility index (Phi) is 10.3. The Hall–Kier alpha value is -4.77. The number of likely N-dealkylation sites (N-methyl/N-ethyl adjacent to an activating group) is 1. The molecule has 282 valence electrons. The zero-order chi connectivity index (χ0) is 38.6. The maximum atomic E-state index is 15.3. The van der Waals surface area contributed by atoms with E-state index in [0.717, 1.165) is 78.3 Å². The lowest BCUT2D eigenvalue weighted by atomic mass is 9.98. The Morgan fingerprint density at radius 2 is 1.72 bits per heavy atom. The molecule has 1 N–H and O–H groups in total. The van der Waals surface area contributed by atoms with E-state index in [-0.39, 0.29) is 11.5 Å². The molecular formula is C42H46Cl2N6O4. The van der Waals surface area contributed by atoms with Crippen LogP contribution >= 0.6 is 23.2 Å². The first-order valence-electron chi connectivity index (χ1n) is 18.3. The highest BCUT2D eigenvalue weighted by Gasteiger charge is 2.33. The van der Waals surface area contributed by atoms with Gasteiger partial charge in [0.2, 0.25) is 0 Å². The first kappa shape index (κ1) is 37.5. The van der Waals surface area contributed by atoms with Crippen LogP contribution in [0.2, 0.25) is 10.0 Å². The molecule has 0 bridgehead atoms. The van der Waals surface area contributed by atoms with Gasteiger partial charge in [-0.25, -0.2) is 4.79 Å². The van der Waals surface area contributed by atoms with Gasteiger partial charge in [-0.2, -0.15) is 5.10 Å². The Bertz CT molecular complexity index is 2430. The van der Waals surface area contributed by atoms with E-state index in [4.69, 9.17) is 33.0 Å². The normalized spacial score (nSPS) is 13.4. The molecule has 1 amide bonds. The summed E-state index contributed by atoms with van der Waals surface area (Å²) in [6, 6.07) is 13.2. The summed E-state index contributed by atoms with van der Waals surface area (Å²) < 4.78 is 12.3. The van der Waals surface area contributed by atoms with E-state index in [1.54, 1.807) is 17.0 Å². The van der Waals surface area contributed by atoms with Crippen molar-refractivity contribution in [3.63, 3.8) is 0 Å². The van der Waals surface area contributed by atoms with Crippen molar-refractivity contribution in [3.8, 4) is 16.9 Å². The van der Waals surface area contributed by atoms with Crippen molar-refractivity contribution < 1.29 is 19.4 Å². The molecule has 1 aliphatic heterocycles. The molecule has 0 radical (unpaired) electrons. The highest BCUT2D eigenvalue weighted by Crippen LogP contribution is 2.44. The number of carbonyl (C=O) groups is 2. The Morgan fingerprint density at radius 3 is 2.39 bits per heavy atom. The molecule has 12 heteroatoms. The van der Waals surface area contributed by atoms with E-state index in [2.05, 4.69) is 14.0 Å². The van der Waals surface area contributed by atoms with E-state index < -0.39 is 5.97 Å². The summed E-state index contributed by atoms with van der Waals surface area (Å²) in [5, 5.41) is 18.1. The van der Waals surface area contributed by atoms with Gasteiger partial charge in [0, 0.05) is 72.0 Å². The molecule has 1 aliphatic rings. The van der Waals surface area contributed by atoms with Gasteiger partial charge in [0.25, 0.3) is 5.91 Å². The average Bonchev–Trinajstić information content (AvgIpc) is 3.72. The van der Waals surface area contributed by atoms with Crippen molar-refractivity contribution >= 4 is 62.6 Å². The fourth-order valence-electron chi connectivity index (χ4n) is 7.99. The predicted molar refractivity (Wildman–Crippen MR) is 217 cm³/mol. The zero-order valence-corrected chi connectivity index (χ0v) is 33.4. The summed E-state index contributed by atoms with van der Waals surface area (Å²) in [7, 11) is 5.94. The highest BCUT2D eigenvalue weighted by atomic mass is 35.5. The van der Waals surface area contributed by atoms with E-state index in [1.807, 2.05) is 90.0 Å². The van der Waals surface area contributed by atoms with Crippen LogP contribution in [0.25, 0.3) is 32.9 Å². The Balaban J connectivity index is 1.37. The number of benzene rings is 3. The number of carboxylic acids is 1. The number of amides is 1. The SMILES string of the molecule is Cc1cc(OCCCc2c3n(c4c(-c5c(C)nn(C)c5C)c(Cl)ccc24)CCCN(c2cc(C(=O)O)cc4c2ccn4CCN(C)C)C3=O)cc(C)c1Cl. The lowest BCUT2D eigenvalue weighted by Gasteiger charge is -2.23. The molecule has 0 saturated carbocycles. The van der Waals surface area contributed by atoms with Crippen LogP contribution in [0.1, 0.15) is 61.8 Å². The second-order valence-electron chi connectivity index (χ2n) is 14.6. The van der Waals surface area contributed by atoms with Gasteiger partial charge in [0.05, 0.1) is 39.6 Å². The van der Waals surface area contributed by atoms with Gasteiger partial charge in [-0.05, 0) is 114 Å². The summed E-state index contributed by atoms with van der Waals surface area (Å²) in [4.78, 5) is 31.6. The lowest BCUT2D eigenvalue weighted by Crippen LogP contribution is -2.32. The monoisotopic (exact) mass is 768 g/mol. The van der Waals surface area contributed by atoms with Crippen LogP contribution in [-0.2, 0) is 26.6 Å². The number of aryl methyl sites for hydroxylation is 6. The zero-order valence-electron chi connectivity index (χ0n) is 31.9. The topological polar surface area (TPSA) is 97.8 Å². The number of hydrogen-bond donors (Lipinski definition) is 1. The van der Waals surface area contributed by atoms with Crippen molar-refractivity contribution in [2.75, 3.05) is 38.7 Å². The number of fused-ring (bicyclic) bond motifs is 4. The molecule has 3 aromatic heterocycles. The van der Waals surface area contributed by atoms with Crippen LogP contribution < -0.4 is 9.64 Å². The van der Waals surface area contributed by atoms with Crippen molar-refractivity contribution in [3.05, 3.63) is 98.0 Å². The van der Waals surface area contributed by atoms with Crippen molar-refractivity contribution in [2.24, 2.45) is 7.05 Å². The predicted octanol–water partition coefficient (Wildman–Crippen LogP) is 8.86. The standard InChI is InChI=1S/C42H46Cl2N6O4/c1-24-20-29(21-25(2)38(24)44)54-19-8-10-30-31-11-12-33(43)37(36-26(3)45-47(7)27(36)4)39(31)50-15-9-14-49(41(51)40(30)50)35-23-28(42(52)53)22-34-32(35)13-16-48(34)18-17-46(5)6/h11-13,16,20-23H,8-10,14-15,17-19H2,1-7H3,(H,52,53). The number of aromatic carboxylic acids is 1. The first-order valence-corrected chi connectivity index (χ1v) is 19.1. The molecule has 7 rings (SSSR count). The van der Waals surface area contributed by atoms with Gasteiger partial charge in [0.15, 0.2) is 0 Å². The minimum Gasteiger partial charge on any atom is -0.494 e. The number of halogens is 2. The number of aromatic nitrogens is 4. The second-order valence-corrected chi connectivity index (χ2v) is 15.4. The largest absolute Gasteiger partial charge is 0.494 e. The number of ether oxygens (including phenoxy) is 1. The minimum atomic E-state index is -1.04. The summed E-state index contributed by atoms with van der Waals surface area (Å²) in [5.74, 6) is -0.452. The fraction of sp³-hybridized carbons (Fsp3) is 0.357. The minimum absolute atomic E-state index is 0.140. The lowest BCUT2D eigenvalue weighted by molar-refractivity contribution is 0.0696. The smallest absolute Gasteiger partial charge is 0.335 e. The van der Waals surface area contributed by atoms with Crippen LogP contribution in [0.5, 0.6) is 5.75 Å². The van der Waals surface area contributed by atoms with Crippen LogP contribution in [-0.4, -0.2) is 74.6 Å². The molecule has 6 aromatic rings. The van der Waals surface area contributed by atoms with Crippen LogP contribution in [0.15, 0.2) is 48.7 Å². The summed E-state index contributed by atoms with van der Waals surface area (Å²) >= 11 is 13.5. The summed E-state index contributed by atoms with van der Waals surface area (Å²) in [6.45, 7) is 10.8. The molecule has 54 heavy (non-hydrogen) atoms. The van der Waals surface area contributed by atoms with E-state index in [0.29, 0.717) is 61.9 Å². The van der Waals surface area contributed by atoms with Gasteiger partial charge in [0.1, 0.15) is 11.4 Å². The van der Waals surface area contributed by atoms with Gasteiger partial charge < -0.3 is 28.8 Å². The fourth-order valence-corrected chi connectivity index (χ4v) is 8.34. The third-order valence-corrected chi connectivity index (χ3v) is 11.6. The Labute approximate surface area is 325 Å². The molecule has 0 aliphatic carbocycles. The van der Waals surface area contributed by atoms with Crippen molar-refractivity contribution in [2.45, 2.75) is 60.0 Å². The van der Waals surface area contributed by atoms with E-state index >= 15 is 4.79 Å². The van der Waals surface area contributed by atoms with Gasteiger partial charge in [-0.15, -0.1) is 0 Å². The number of hydrogen-bond acceptors (Lipinski definition) is 5. The first-order chi connectivity index (χ1) is 25.8. The summed E-state index contributed by atoms with van der Waals surface area (Å²) in [6.07, 6.45) is 3.85. The average molecular weight is 770 g/mol. The molecule has 4 heterocycles. The number of rotatable bonds is 11. The van der Waals surface area contributed by atoms with Gasteiger partial charge >= 0.3 is 5.97 Å². The van der Waals surface area contributed by atoms with Gasteiger partial charge in [-0.3, -0.25) is 9.48 Å².